The SMILES string of the molecule is O=C(O)C1(C(F)(F)F)CC2(CC(F)(F)C2)C1. The minimum atomic E-state index is -4.87. The summed E-state index contributed by atoms with van der Waals surface area (Å²) >= 11 is 0. The van der Waals surface area contributed by atoms with Crippen molar-refractivity contribution in [1.29, 1.82) is 0 Å². The summed E-state index contributed by atoms with van der Waals surface area (Å²) in [6, 6.07) is 0. The summed E-state index contributed by atoms with van der Waals surface area (Å²) in [4.78, 5) is 10.6. The van der Waals surface area contributed by atoms with Crippen LogP contribution in [0.25, 0.3) is 0 Å². The fraction of sp³-hybridized carbons (Fsp3) is 0.889. The molecule has 0 radical (unpaired) electrons. The van der Waals surface area contributed by atoms with Crippen molar-refractivity contribution in [1.82, 2.24) is 0 Å². The fourth-order valence-corrected chi connectivity index (χ4v) is 3.00. The lowest BCUT2D eigenvalue weighted by Gasteiger charge is -2.61. The van der Waals surface area contributed by atoms with Gasteiger partial charge < -0.3 is 5.11 Å². The first-order valence-electron chi connectivity index (χ1n) is 4.70. The maximum atomic E-state index is 12.6. The van der Waals surface area contributed by atoms with E-state index in [2.05, 4.69) is 0 Å². The predicted octanol–water partition coefficient (Wildman–Crippen LogP) is 2.83. The van der Waals surface area contributed by atoms with E-state index >= 15 is 0 Å². The van der Waals surface area contributed by atoms with Gasteiger partial charge >= 0.3 is 12.1 Å². The van der Waals surface area contributed by atoms with Gasteiger partial charge in [-0.25, -0.2) is 8.78 Å². The van der Waals surface area contributed by atoms with Crippen LogP contribution in [0.15, 0.2) is 0 Å². The monoisotopic (exact) mass is 244 g/mol. The maximum absolute atomic E-state index is 12.6. The number of aliphatic carboxylic acids is 1. The van der Waals surface area contributed by atoms with Crippen molar-refractivity contribution >= 4 is 5.97 Å². The molecular formula is C9H9F5O2. The summed E-state index contributed by atoms with van der Waals surface area (Å²) in [6.45, 7) is 0. The van der Waals surface area contributed by atoms with E-state index in [4.69, 9.17) is 5.11 Å². The van der Waals surface area contributed by atoms with Gasteiger partial charge in [0.25, 0.3) is 0 Å². The average molecular weight is 244 g/mol. The fourth-order valence-electron chi connectivity index (χ4n) is 3.00. The molecule has 2 rings (SSSR count). The van der Waals surface area contributed by atoms with E-state index in [0.29, 0.717) is 0 Å². The third kappa shape index (κ3) is 1.33. The quantitative estimate of drug-likeness (QED) is 0.720. The highest BCUT2D eigenvalue weighted by Gasteiger charge is 2.77. The van der Waals surface area contributed by atoms with Crippen LogP contribution in [0.2, 0.25) is 0 Å². The lowest BCUT2D eigenvalue weighted by molar-refractivity contribution is -0.316. The zero-order valence-electron chi connectivity index (χ0n) is 8.07. The normalized spacial score (nSPS) is 29.3. The highest BCUT2D eigenvalue weighted by Crippen LogP contribution is 2.72. The Morgan fingerprint density at radius 1 is 1.06 bits per heavy atom. The second-order valence-electron chi connectivity index (χ2n) is 4.95. The molecule has 0 amide bonds. The molecule has 0 aliphatic heterocycles. The molecule has 0 bridgehead atoms. The van der Waals surface area contributed by atoms with E-state index in [0.717, 1.165) is 0 Å². The van der Waals surface area contributed by atoms with E-state index < -0.39 is 54.6 Å². The molecule has 0 saturated heterocycles. The van der Waals surface area contributed by atoms with Crippen LogP contribution in [0.5, 0.6) is 0 Å². The number of hydrogen-bond acceptors (Lipinski definition) is 1. The second-order valence-corrected chi connectivity index (χ2v) is 4.95. The Morgan fingerprint density at radius 2 is 1.50 bits per heavy atom. The first-order valence-corrected chi connectivity index (χ1v) is 4.70. The molecule has 0 aromatic rings. The van der Waals surface area contributed by atoms with E-state index in [9.17, 15) is 26.7 Å². The first kappa shape index (κ1) is 11.6. The Hall–Kier alpha value is -0.880. The summed E-state index contributed by atoms with van der Waals surface area (Å²) in [5.74, 6) is -4.88. The molecule has 0 aromatic heterocycles. The molecule has 0 unspecified atom stereocenters. The van der Waals surface area contributed by atoms with Crippen molar-refractivity contribution in [3.63, 3.8) is 0 Å². The maximum Gasteiger partial charge on any atom is 0.404 e. The molecule has 2 fully saturated rings. The summed E-state index contributed by atoms with van der Waals surface area (Å²) in [5.41, 5.74) is -3.90. The Kier molecular flexibility index (Phi) is 1.94. The Labute approximate surface area is 87.4 Å². The number of hydrogen-bond donors (Lipinski definition) is 1. The molecular weight excluding hydrogens is 235 g/mol. The van der Waals surface area contributed by atoms with Gasteiger partial charge in [-0.3, -0.25) is 4.79 Å². The van der Waals surface area contributed by atoms with Gasteiger partial charge in [0, 0.05) is 12.8 Å². The third-order valence-corrected chi connectivity index (χ3v) is 3.57. The lowest BCUT2D eigenvalue weighted by atomic mass is 9.44. The predicted molar refractivity (Wildman–Crippen MR) is 42.0 cm³/mol. The molecule has 16 heavy (non-hydrogen) atoms. The van der Waals surface area contributed by atoms with Gasteiger partial charge in [0.05, 0.1) is 0 Å². The highest BCUT2D eigenvalue weighted by molar-refractivity contribution is 5.77. The highest BCUT2D eigenvalue weighted by atomic mass is 19.4. The molecule has 2 nitrogen and oxygen atoms in total. The summed E-state index contributed by atoms with van der Waals surface area (Å²) in [5, 5.41) is 8.59. The molecule has 2 aliphatic rings. The van der Waals surface area contributed by atoms with Crippen LogP contribution in [0.3, 0.4) is 0 Å². The Bertz CT molecular complexity index is 330. The van der Waals surface area contributed by atoms with Crippen molar-refractivity contribution in [3.05, 3.63) is 0 Å². The molecule has 7 heteroatoms. The molecule has 2 saturated carbocycles. The van der Waals surface area contributed by atoms with Crippen molar-refractivity contribution in [2.45, 2.75) is 37.8 Å². The van der Waals surface area contributed by atoms with Crippen LogP contribution in [0.1, 0.15) is 25.7 Å². The number of alkyl halides is 5. The number of halogens is 5. The van der Waals surface area contributed by atoms with Gasteiger partial charge in [-0.2, -0.15) is 13.2 Å². The van der Waals surface area contributed by atoms with Crippen LogP contribution in [0.4, 0.5) is 22.0 Å². The molecule has 1 N–H and O–H groups in total. The summed E-state index contributed by atoms with van der Waals surface area (Å²) in [6.07, 6.45) is -7.53. The lowest BCUT2D eigenvalue weighted by Crippen LogP contribution is -2.65. The van der Waals surface area contributed by atoms with E-state index in [1.807, 2.05) is 0 Å². The zero-order valence-corrected chi connectivity index (χ0v) is 8.07. The van der Waals surface area contributed by atoms with Gasteiger partial charge in [0.2, 0.25) is 5.92 Å². The van der Waals surface area contributed by atoms with Crippen LogP contribution in [0, 0.1) is 10.8 Å². The summed E-state index contributed by atoms with van der Waals surface area (Å²) < 4.78 is 62.8. The van der Waals surface area contributed by atoms with Crippen LogP contribution in [-0.4, -0.2) is 23.2 Å². The number of carboxylic acids is 1. The van der Waals surface area contributed by atoms with Crippen molar-refractivity contribution in [2.75, 3.05) is 0 Å². The number of rotatable bonds is 1. The van der Waals surface area contributed by atoms with Crippen LogP contribution >= 0.6 is 0 Å². The van der Waals surface area contributed by atoms with Crippen molar-refractivity contribution in [2.24, 2.45) is 10.8 Å². The van der Waals surface area contributed by atoms with E-state index in [-0.39, 0.29) is 0 Å². The minimum absolute atomic E-state index is 0.620. The summed E-state index contributed by atoms with van der Waals surface area (Å²) in [7, 11) is 0. The van der Waals surface area contributed by atoms with Crippen LogP contribution < -0.4 is 0 Å². The standard InChI is InChI=1S/C9H9F5O2/c10-8(11)3-6(4-8)1-7(2-6,5(15)16)9(12,13)14/h1-4H2,(H,15,16). The van der Waals surface area contributed by atoms with Gasteiger partial charge in [0.15, 0.2) is 5.41 Å². The molecule has 2 aliphatic carbocycles. The Balaban J connectivity index is 2.12. The number of carboxylic acid groups (broad SMARTS) is 1. The van der Waals surface area contributed by atoms with Crippen molar-refractivity contribution < 1.29 is 31.9 Å². The first-order chi connectivity index (χ1) is 7.02. The zero-order chi connectivity index (χ0) is 12.4. The van der Waals surface area contributed by atoms with E-state index in [1.165, 1.54) is 0 Å². The number of carbonyl (C=O) groups is 1. The van der Waals surface area contributed by atoms with Crippen molar-refractivity contribution in [3.8, 4) is 0 Å². The largest absolute Gasteiger partial charge is 0.481 e. The van der Waals surface area contributed by atoms with Crippen LogP contribution in [-0.2, 0) is 4.79 Å². The molecule has 0 aromatic carbocycles. The van der Waals surface area contributed by atoms with E-state index in [1.54, 1.807) is 0 Å². The second kappa shape index (κ2) is 2.68. The minimum Gasteiger partial charge on any atom is -0.481 e. The topological polar surface area (TPSA) is 37.3 Å². The molecule has 1 spiro atoms. The molecule has 0 atom stereocenters. The average Bonchev–Trinajstić information content (AvgIpc) is 1.90. The van der Waals surface area contributed by atoms with Gasteiger partial charge in [-0.1, -0.05) is 0 Å². The molecule has 0 heterocycles. The smallest absolute Gasteiger partial charge is 0.404 e. The third-order valence-electron chi connectivity index (χ3n) is 3.57. The van der Waals surface area contributed by atoms with Gasteiger partial charge in [0.1, 0.15) is 0 Å². The van der Waals surface area contributed by atoms with Gasteiger partial charge in [-0.05, 0) is 18.3 Å². The molecule has 92 valence electrons. The Morgan fingerprint density at radius 3 is 1.75 bits per heavy atom. The van der Waals surface area contributed by atoms with Gasteiger partial charge in [-0.15, -0.1) is 0 Å².